The fraction of sp³-hybridized carbons (Fsp3) is 0.0769. The van der Waals surface area contributed by atoms with Crippen LogP contribution in [0.5, 0.6) is 0 Å². The second kappa shape index (κ2) is 4.82. The van der Waals surface area contributed by atoms with Crippen LogP contribution in [0.4, 0.5) is 8.78 Å². The van der Waals surface area contributed by atoms with E-state index in [9.17, 15) is 13.9 Å². The number of halogens is 3. The van der Waals surface area contributed by atoms with E-state index in [0.29, 0.717) is 5.56 Å². The van der Waals surface area contributed by atoms with Gasteiger partial charge in [0, 0.05) is 5.56 Å². The second-order valence-electron chi connectivity index (χ2n) is 3.58. The van der Waals surface area contributed by atoms with E-state index >= 15 is 0 Å². The first-order chi connectivity index (χ1) is 8.11. The Kier molecular flexibility index (Phi) is 3.41. The molecule has 0 fully saturated rings. The molecule has 88 valence electrons. The fourth-order valence-electron chi connectivity index (χ4n) is 1.57. The molecule has 1 atom stereocenters. The van der Waals surface area contributed by atoms with Crippen molar-refractivity contribution in [2.45, 2.75) is 6.10 Å². The molecule has 1 N–H and O–H groups in total. The van der Waals surface area contributed by atoms with Gasteiger partial charge in [0.05, 0.1) is 5.02 Å². The van der Waals surface area contributed by atoms with Gasteiger partial charge in [-0.15, -0.1) is 0 Å². The molecule has 0 radical (unpaired) electrons. The van der Waals surface area contributed by atoms with Gasteiger partial charge in [0.2, 0.25) is 0 Å². The fourth-order valence-corrected chi connectivity index (χ4v) is 1.82. The van der Waals surface area contributed by atoms with E-state index in [-0.39, 0.29) is 10.6 Å². The van der Waals surface area contributed by atoms with Gasteiger partial charge >= 0.3 is 0 Å². The Morgan fingerprint density at radius 2 is 1.65 bits per heavy atom. The Bertz CT molecular complexity index is 528. The zero-order valence-corrected chi connectivity index (χ0v) is 9.46. The molecule has 0 aromatic heterocycles. The summed E-state index contributed by atoms with van der Waals surface area (Å²) >= 11 is 5.67. The van der Waals surface area contributed by atoms with Gasteiger partial charge in [-0.3, -0.25) is 0 Å². The van der Waals surface area contributed by atoms with Crippen molar-refractivity contribution in [3.8, 4) is 0 Å². The molecule has 1 nitrogen and oxygen atoms in total. The minimum Gasteiger partial charge on any atom is -0.384 e. The van der Waals surface area contributed by atoms with Crippen LogP contribution in [0.25, 0.3) is 0 Å². The first-order valence-corrected chi connectivity index (χ1v) is 5.35. The van der Waals surface area contributed by atoms with Gasteiger partial charge in [0.15, 0.2) is 11.6 Å². The van der Waals surface area contributed by atoms with Crippen molar-refractivity contribution in [1.82, 2.24) is 0 Å². The molecule has 2 rings (SSSR count). The van der Waals surface area contributed by atoms with Crippen LogP contribution in [-0.4, -0.2) is 5.11 Å². The van der Waals surface area contributed by atoms with Crippen molar-refractivity contribution in [3.63, 3.8) is 0 Å². The number of benzene rings is 2. The lowest BCUT2D eigenvalue weighted by Gasteiger charge is -2.13. The molecule has 0 heterocycles. The zero-order chi connectivity index (χ0) is 12.4. The van der Waals surface area contributed by atoms with Crippen LogP contribution in [0.1, 0.15) is 17.2 Å². The average molecular weight is 255 g/mol. The first-order valence-electron chi connectivity index (χ1n) is 4.97. The predicted octanol–water partition coefficient (Wildman–Crippen LogP) is 3.70. The van der Waals surface area contributed by atoms with Crippen molar-refractivity contribution in [2.75, 3.05) is 0 Å². The second-order valence-corrected chi connectivity index (χ2v) is 3.96. The van der Waals surface area contributed by atoms with Crippen LogP contribution in [0.2, 0.25) is 5.02 Å². The van der Waals surface area contributed by atoms with E-state index in [4.69, 9.17) is 11.6 Å². The van der Waals surface area contributed by atoms with Crippen molar-refractivity contribution in [2.24, 2.45) is 0 Å². The van der Waals surface area contributed by atoms with Gasteiger partial charge in [-0.25, -0.2) is 8.78 Å². The summed E-state index contributed by atoms with van der Waals surface area (Å²) in [4.78, 5) is 0. The third-order valence-corrected chi connectivity index (χ3v) is 2.86. The van der Waals surface area contributed by atoms with E-state index in [1.54, 1.807) is 30.3 Å². The Labute approximate surface area is 102 Å². The highest BCUT2D eigenvalue weighted by Gasteiger charge is 2.18. The molecular formula is C13H9ClF2O. The molecule has 0 bridgehead atoms. The monoisotopic (exact) mass is 254 g/mol. The minimum atomic E-state index is -1.14. The molecular weight excluding hydrogens is 246 g/mol. The molecule has 0 aliphatic carbocycles. The third kappa shape index (κ3) is 2.30. The normalized spacial score (nSPS) is 12.5. The smallest absolute Gasteiger partial charge is 0.177 e. The highest BCUT2D eigenvalue weighted by Crippen LogP contribution is 2.30. The minimum absolute atomic E-state index is 0.150. The molecule has 0 amide bonds. The molecule has 17 heavy (non-hydrogen) atoms. The lowest BCUT2D eigenvalue weighted by atomic mass is 10.0. The van der Waals surface area contributed by atoms with Gasteiger partial charge < -0.3 is 5.11 Å². The van der Waals surface area contributed by atoms with Gasteiger partial charge in [0.1, 0.15) is 6.10 Å². The van der Waals surface area contributed by atoms with E-state index in [1.807, 2.05) is 0 Å². The van der Waals surface area contributed by atoms with Crippen molar-refractivity contribution in [1.29, 1.82) is 0 Å². The number of aliphatic hydroxyl groups excluding tert-OH is 1. The summed E-state index contributed by atoms with van der Waals surface area (Å²) in [6.45, 7) is 0. The maximum Gasteiger partial charge on any atom is 0.177 e. The summed E-state index contributed by atoms with van der Waals surface area (Å²) in [6.07, 6.45) is -1.07. The summed E-state index contributed by atoms with van der Waals surface area (Å²) in [5.41, 5.74) is 0.720. The van der Waals surface area contributed by atoms with Gasteiger partial charge in [-0.1, -0.05) is 48.0 Å². The Balaban J connectivity index is 2.45. The van der Waals surface area contributed by atoms with Gasteiger partial charge in [0.25, 0.3) is 0 Å². The molecule has 0 aliphatic heterocycles. The van der Waals surface area contributed by atoms with Crippen LogP contribution in [0.3, 0.4) is 0 Å². The Hall–Kier alpha value is -1.45. The Morgan fingerprint density at radius 1 is 1.00 bits per heavy atom. The van der Waals surface area contributed by atoms with Crippen LogP contribution in [0.15, 0.2) is 42.5 Å². The first kappa shape index (κ1) is 12.0. The van der Waals surface area contributed by atoms with Crippen LogP contribution in [-0.2, 0) is 0 Å². The number of aliphatic hydroxyl groups is 1. The molecule has 0 aliphatic rings. The summed E-state index contributed by atoms with van der Waals surface area (Å²) in [7, 11) is 0. The van der Waals surface area contributed by atoms with Gasteiger partial charge in [-0.2, -0.15) is 0 Å². The number of hydrogen-bond donors (Lipinski definition) is 1. The van der Waals surface area contributed by atoms with E-state index in [0.717, 1.165) is 6.07 Å². The molecule has 2 aromatic rings. The third-order valence-electron chi connectivity index (χ3n) is 2.47. The topological polar surface area (TPSA) is 20.2 Å². The summed E-state index contributed by atoms with van der Waals surface area (Å²) in [6, 6.07) is 10.9. The maximum atomic E-state index is 13.2. The summed E-state index contributed by atoms with van der Waals surface area (Å²) in [5.74, 6) is -2.17. The quantitative estimate of drug-likeness (QED) is 0.810. The summed E-state index contributed by atoms with van der Waals surface area (Å²) in [5, 5.41) is 9.63. The predicted molar refractivity (Wildman–Crippen MR) is 61.9 cm³/mol. The standard InChI is InChI=1S/C13H9ClF2O/c14-11-9(6-7-10(15)12(11)16)13(17)8-4-2-1-3-5-8/h1-7,13,17H. The lowest BCUT2D eigenvalue weighted by Crippen LogP contribution is -2.02. The van der Waals surface area contributed by atoms with E-state index in [1.165, 1.54) is 6.07 Å². The molecule has 1 unspecified atom stereocenters. The largest absolute Gasteiger partial charge is 0.384 e. The van der Waals surface area contributed by atoms with Crippen LogP contribution < -0.4 is 0 Å². The van der Waals surface area contributed by atoms with E-state index < -0.39 is 17.7 Å². The highest BCUT2D eigenvalue weighted by molar-refractivity contribution is 6.31. The summed E-state index contributed by atoms with van der Waals surface area (Å²) < 4.78 is 26.1. The zero-order valence-electron chi connectivity index (χ0n) is 8.70. The molecule has 0 spiro atoms. The highest BCUT2D eigenvalue weighted by atomic mass is 35.5. The Morgan fingerprint density at radius 3 is 2.29 bits per heavy atom. The van der Waals surface area contributed by atoms with Crippen molar-refractivity contribution < 1.29 is 13.9 Å². The van der Waals surface area contributed by atoms with Crippen LogP contribution >= 0.6 is 11.6 Å². The van der Waals surface area contributed by atoms with Crippen LogP contribution in [0, 0.1) is 11.6 Å². The number of rotatable bonds is 2. The average Bonchev–Trinajstić information content (AvgIpc) is 2.36. The molecule has 0 saturated carbocycles. The molecule has 4 heteroatoms. The van der Waals surface area contributed by atoms with E-state index in [2.05, 4.69) is 0 Å². The van der Waals surface area contributed by atoms with Crippen molar-refractivity contribution >= 4 is 11.6 Å². The van der Waals surface area contributed by atoms with Gasteiger partial charge in [-0.05, 0) is 11.6 Å². The maximum absolute atomic E-state index is 13.2. The number of hydrogen-bond acceptors (Lipinski definition) is 1. The molecule has 0 saturated heterocycles. The lowest BCUT2D eigenvalue weighted by molar-refractivity contribution is 0.219. The van der Waals surface area contributed by atoms with Crippen molar-refractivity contribution in [3.05, 3.63) is 70.2 Å². The SMILES string of the molecule is OC(c1ccccc1)c1ccc(F)c(F)c1Cl. The molecule has 2 aromatic carbocycles.